The van der Waals surface area contributed by atoms with Gasteiger partial charge in [0.25, 0.3) is 5.91 Å². The number of nitrogens with one attached hydrogen (secondary N) is 2. The Balaban J connectivity index is 3.16. The molecule has 5 nitrogen and oxygen atoms in total. The molecule has 21 heavy (non-hydrogen) atoms. The van der Waals surface area contributed by atoms with Crippen molar-refractivity contribution < 1.29 is 26.4 Å². The Hall–Kier alpha value is -1.61. The molecule has 0 saturated heterocycles. The lowest BCUT2D eigenvalue weighted by molar-refractivity contribution is -0.126. The summed E-state index contributed by atoms with van der Waals surface area (Å²) in [5.41, 5.74) is -1.09. The van der Waals surface area contributed by atoms with Gasteiger partial charge in [-0.25, -0.2) is 17.5 Å². The summed E-state index contributed by atoms with van der Waals surface area (Å²) in [4.78, 5) is 10.1. The number of halogens is 3. The molecule has 0 heterocycles. The number of anilines is 1. The molecule has 1 aromatic rings. The van der Waals surface area contributed by atoms with Crippen LogP contribution in [0.2, 0.25) is 0 Å². The first kappa shape index (κ1) is 17.4. The number of hydrogen-bond acceptors (Lipinski definition) is 3. The Morgan fingerprint density at radius 1 is 1.24 bits per heavy atom. The molecule has 1 aromatic carbocycles. The number of sulfonamides is 1. The fourth-order valence-electron chi connectivity index (χ4n) is 1.44. The normalized spacial score (nSPS) is 12.5. The highest BCUT2D eigenvalue weighted by atomic mass is 32.2. The van der Waals surface area contributed by atoms with Crippen LogP contribution in [0.1, 0.15) is 20.8 Å². The molecule has 118 valence electrons. The molecule has 0 fully saturated rings. The second-order valence-corrected chi connectivity index (χ2v) is 6.94. The van der Waals surface area contributed by atoms with Gasteiger partial charge in [-0.15, -0.1) is 0 Å². The summed E-state index contributed by atoms with van der Waals surface area (Å²) >= 11 is 0. The van der Waals surface area contributed by atoms with E-state index in [2.05, 4.69) is 4.72 Å². The quantitative estimate of drug-likeness (QED) is 0.891. The van der Waals surface area contributed by atoms with Crippen molar-refractivity contribution in [2.75, 3.05) is 5.32 Å². The average molecular weight is 324 g/mol. The SMILES string of the molecule is CC(C)(C)NS(=O)(=O)c1cc(NC(=O)C(F)F)ccc1F. The molecular formula is C12H15F3N2O3S. The summed E-state index contributed by atoms with van der Waals surface area (Å²) in [6, 6.07) is 2.55. The highest BCUT2D eigenvalue weighted by molar-refractivity contribution is 7.89. The molecule has 0 saturated carbocycles. The van der Waals surface area contributed by atoms with E-state index in [0.717, 1.165) is 18.2 Å². The molecule has 0 aliphatic rings. The Morgan fingerprint density at radius 3 is 2.29 bits per heavy atom. The van der Waals surface area contributed by atoms with Crippen molar-refractivity contribution in [3.05, 3.63) is 24.0 Å². The zero-order valence-corrected chi connectivity index (χ0v) is 12.4. The molecule has 0 aliphatic carbocycles. The number of alkyl halides is 2. The minimum atomic E-state index is -4.19. The third-order valence-electron chi connectivity index (χ3n) is 2.13. The van der Waals surface area contributed by atoms with Gasteiger partial charge < -0.3 is 5.32 Å². The van der Waals surface area contributed by atoms with Crippen molar-refractivity contribution in [1.82, 2.24) is 4.72 Å². The molecule has 0 radical (unpaired) electrons. The molecule has 0 aliphatic heterocycles. The monoisotopic (exact) mass is 324 g/mol. The standard InChI is InChI=1S/C12H15F3N2O3S/c1-12(2,3)17-21(19,20)9-6-7(4-5-8(9)13)16-11(18)10(14)15/h4-6,10,17H,1-3H3,(H,16,18). The largest absolute Gasteiger partial charge is 0.321 e. The predicted octanol–water partition coefficient (Wildman–Crippen LogP) is 2.11. The maximum atomic E-state index is 13.7. The number of carbonyl (C=O) groups is 1. The smallest absolute Gasteiger partial charge is 0.315 e. The molecule has 0 unspecified atom stereocenters. The van der Waals surface area contributed by atoms with Crippen LogP contribution in [0.15, 0.2) is 23.1 Å². The van der Waals surface area contributed by atoms with Gasteiger partial charge in [0.2, 0.25) is 10.0 Å². The van der Waals surface area contributed by atoms with E-state index in [-0.39, 0.29) is 5.69 Å². The first-order valence-corrected chi connectivity index (χ1v) is 7.33. The third-order valence-corrected chi connectivity index (χ3v) is 3.90. The first-order chi connectivity index (χ1) is 9.42. The molecule has 0 aromatic heterocycles. The topological polar surface area (TPSA) is 75.3 Å². The Morgan fingerprint density at radius 2 is 1.81 bits per heavy atom. The van der Waals surface area contributed by atoms with Crippen molar-refractivity contribution in [1.29, 1.82) is 0 Å². The van der Waals surface area contributed by atoms with Gasteiger partial charge in [-0.1, -0.05) is 0 Å². The maximum Gasteiger partial charge on any atom is 0.315 e. The van der Waals surface area contributed by atoms with E-state index in [4.69, 9.17) is 0 Å². The van der Waals surface area contributed by atoms with Gasteiger partial charge in [-0.3, -0.25) is 4.79 Å². The second-order valence-electron chi connectivity index (χ2n) is 5.29. The van der Waals surface area contributed by atoms with Gasteiger partial charge >= 0.3 is 6.43 Å². The summed E-state index contributed by atoms with van der Waals surface area (Å²) in [5, 5.41) is 1.80. The Kier molecular flexibility index (Phi) is 5.00. The summed E-state index contributed by atoms with van der Waals surface area (Å²) in [7, 11) is -4.19. The summed E-state index contributed by atoms with van der Waals surface area (Å²) < 4.78 is 64.2. The number of amides is 1. The maximum absolute atomic E-state index is 13.7. The van der Waals surface area contributed by atoms with Crippen molar-refractivity contribution in [2.45, 2.75) is 37.6 Å². The molecule has 1 rings (SSSR count). The number of carbonyl (C=O) groups excluding carboxylic acids is 1. The lowest BCUT2D eigenvalue weighted by Crippen LogP contribution is -2.40. The van der Waals surface area contributed by atoms with Crippen LogP contribution in [-0.4, -0.2) is 26.3 Å². The van der Waals surface area contributed by atoms with Crippen molar-refractivity contribution in [3.63, 3.8) is 0 Å². The van der Waals surface area contributed by atoms with Crippen molar-refractivity contribution in [3.8, 4) is 0 Å². The lowest BCUT2D eigenvalue weighted by Gasteiger charge is -2.20. The van der Waals surface area contributed by atoms with E-state index in [9.17, 15) is 26.4 Å². The fourth-order valence-corrected chi connectivity index (χ4v) is 2.96. The van der Waals surface area contributed by atoms with Crippen LogP contribution in [0, 0.1) is 5.82 Å². The average Bonchev–Trinajstić information content (AvgIpc) is 2.28. The first-order valence-electron chi connectivity index (χ1n) is 5.85. The van der Waals surface area contributed by atoms with Gasteiger partial charge in [0.15, 0.2) is 0 Å². The van der Waals surface area contributed by atoms with E-state index >= 15 is 0 Å². The van der Waals surface area contributed by atoms with E-state index in [0.29, 0.717) is 0 Å². The van der Waals surface area contributed by atoms with Crippen molar-refractivity contribution in [2.24, 2.45) is 0 Å². The molecule has 0 bridgehead atoms. The summed E-state index contributed by atoms with van der Waals surface area (Å²) in [6.07, 6.45) is -3.26. The zero-order valence-electron chi connectivity index (χ0n) is 11.6. The molecule has 0 atom stereocenters. The van der Waals surface area contributed by atoms with E-state index in [1.54, 1.807) is 26.1 Å². The van der Waals surface area contributed by atoms with Gasteiger partial charge in [0, 0.05) is 11.2 Å². The lowest BCUT2D eigenvalue weighted by atomic mass is 10.1. The van der Waals surface area contributed by atoms with Crippen LogP contribution in [0.5, 0.6) is 0 Å². The molecule has 1 amide bonds. The van der Waals surface area contributed by atoms with E-state index in [1.807, 2.05) is 0 Å². The van der Waals surface area contributed by atoms with E-state index in [1.165, 1.54) is 0 Å². The number of rotatable bonds is 4. The van der Waals surface area contributed by atoms with Crippen LogP contribution in [0.4, 0.5) is 18.9 Å². The van der Waals surface area contributed by atoms with Crippen LogP contribution in [0.25, 0.3) is 0 Å². The third kappa shape index (κ3) is 5.01. The minimum Gasteiger partial charge on any atom is -0.321 e. The molecule has 0 spiro atoms. The molecule has 2 N–H and O–H groups in total. The predicted molar refractivity (Wildman–Crippen MR) is 71.1 cm³/mol. The van der Waals surface area contributed by atoms with Crippen LogP contribution in [-0.2, 0) is 14.8 Å². The van der Waals surface area contributed by atoms with Crippen molar-refractivity contribution >= 4 is 21.6 Å². The number of hydrogen-bond donors (Lipinski definition) is 2. The van der Waals surface area contributed by atoms with Gasteiger partial charge in [0.1, 0.15) is 10.7 Å². The highest BCUT2D eigenvalue weighted by Crippen LogP contribution is 2.21. The minimum absolute atomic E-state index is 0.240. The van der Waals surface area contributed by atoms with E-state index < -0.39 is 38.6 Å². The Labute approximate surface area is 120 Å². The Bertz CT molecular complexity index is 640. The van der Waals surface area contributed by atoms with Gasteiger partial charge in [-0.05, 0) is 39.0 Å². The highest BCUT2D eigenvalue weighted by Gasteiger charge is 2.26. The van der Waals surface area contributed by atoms with Crippen LogP contribution >= 0.6 is 0 Å². The van der Waals surface area contributed by atoms with Crippen LogP contribution in [0.3, 0.4) is 0 Å². The molecular weight excluding hydrogens is 309 g/mol. The summed E-state index contributed by atoms with van der Waals surface area (Å²) in [5.74, 6) is -2.66. The number of benzene rings is 1. The van der Waals surface area contributed by atoms with Gasteiger partial charge in [0.05, 0.1) is 0 Å². The zero-order chi connectivity index (χ0) is 16.4. The fraction of sp³-hybridized carbons (Fsp3) is 0.417. The van der Waals surface area contributed by atoms with Gasteiger partial charge in [-0.2, -0.15) is 8.78 Å². The summed E-state index contributed by atoms with van der Waals surface area (Å²) in [6.45, 7) is 4.68. The van der Waals surface area contributed by atoms with Crippen LogP contribution < -0.4 is 10.0 Å². The molecule has 9 heteroatoms. The second kappa shape index (κ2) is 6.02.